The van der Waals surface area contributed by atoms with Gasteiger partial charge in [0.1, 0.15) is 5.75 Å². The van der Waals surface area contributed by atoms with Crippen molar-refractivity contribution in [1.82, 2.24) is 0 Å². The molecule has 10 heavy (non-hydrogen) atoms. The van der Waals surface area contributed by atoms with Crippen LogP contribution in [0.3, 0.4) is 0 Å². The van der Waals surface area contributed by atoms with E-state index in [-0.39, 0.29) is 8.81 Å². The van der Waals surface area contributed by atoms with E-state index in [1.807, 2.05) is 6.07 Å². The standard InChI is InChI=1S/C6H6O.CH5OP/c7-6-4-2-1-3-5-6;1-3-2/h1-5,7H;2-3H,1H3. The van der Waals surface area contributed by atoms with Gasteiger partial charge in [-0.2, -0.15) is 0 Å². The Morgan fingerprint density at radius 2 is 1.60 bits per heavy atom. The maximum atomic E-state index is 8.63. The summed E-state index contributed by atoms with van der Waals surface area (Å²) in [7, 11) is 0.0833. The lowest BCUT2D eigenvalue weighted by atomic mass is 10.3. The summed E-state index contributed by atoms with van der Waals surface area (Å²) < 4.78 is 0. The summed E-state index contributed by atoms with van der Waals surface area (Å²) >= 11 is 0. The zero-order valence-electron chi connectivity index (χ0n) is 5.78. The number of para-hydroxylation sites is 1. The topological polar surface area (TPSA) is 40.5 Å². The van der Waals surface area contributed by atoms with Crippen LogP contribution in [-0.2, 0) is 0 Å². The quantitative estimate of drug-likeness (QED) is 0.563. The Balaban J connectivity index is 0.000000236. The van der Waals surface area contributed by atoms with E-state index in [4.69, 9.17) is 10.00 Å². The number of phenolic OH excluding ortho intramolecular Hbond substituents is 1. The second kappa shape index (κ2) is 6.53. The average molecular weight is 158 g/mol. The van der Waals surface area contributed by atoms with Crippen molar-refractivity contribution in [3.8, 4) is 5.75 Å². The zero-order chi connectivity index (χ0) is 7.82. The fraction of sp³-hybridized carbons (Fsp3) is 0.143. The summed E-state index contributed by atoms with van der Waals surface area (Å²) in [6, 6.07) is 8.71. The van der Waals surface area contributed by atoms with Crippen LogP contribution in [0.2, 0.25) is 0 Å². The fourth-order valence-electron chi connectivity index (χ4n) is 0.428. The van der Waals surface area contributed by atoms with E-state index < -0.39 is 0 Å². The van der Waals surface area contributed by atoms with Crippen molar-refractivity contribution in [2.45, 2.75) is 0 Å². The molecule has 0 aliphatic rings. The van der Waals surface area contributed by atoms with Gasteiger partial charge in [-0.25, -0.2) is 0 Å². The highest BCUT2D eigenvalue weighted by Gasteiger charge is 1.74. The molecule has 2 nitrogen and oxygen atoms in total. The molecule has 1 rings (SSSR count). The molecule has 2 N–H and O–H groups in total. The second-order valence-corrected chi connectivity index (χ2v) is 2.01. The number of aromatic hydroxyl groups is 1. The van der Waals surface area contributed by atoms with Crippen molar-refractivity contribution < 1.29 is 10.00 Å². The third-order valence-electron chi connectivity index (χ3n) is 0.756. The smallest absolute Gasteiger partial charge is 0.115 e. The number of hydrogen-bond donors (Lipinski definition) is 2. The molecule has 56 valence electrons. The van der Waals surface area contributed by atoms with Crippen molar-refractivity contribution in [3.63, 3.8) is 0 Å². The minimum absolute atomic E-state index is 0.0833. The first kappa shape index (κ1) is 9.41. The molecule has 0 saturated heterocycles. The fourth-order valence-corrected chi connectivity index (χ4v) is 0.428. The number of phenols is 1. The first-order valence-electron chi connectivity index (χ1n) is 2.86. The van der Waals surface area contributed by atoms with Crippen molar-refractivity contribution in [1.29, 1.82) is 0 Å². The lowest BCUT2D eigenvalue weighted by Gasteiger charge is -1.82. The van der Waals surface area contributed by atoms with Crippen molar-refractivity contribution in [3.05, 3.63) is 30.3 Å². The number of benzene rings is 1. The normalized spacial score (nSPS) is 9.00. The Hall–Kier alpha value is -0.590. The molecule has 0 heterocycles. The van der Waals surface area contributed by atoms with Gasteiger partial charge in [0.25, 0.3) is 0 Å². The van der Waals surface area contributed by atoms with Crippen LogP contribution in [0.1, 0.15) is 0 Å². The summed E-state index contributed by atoms with van der Waals surface area (Å²) in [6.45, 7) is 1.71. The average Bonchev–Trinajstić information content (AvgIpc) is 1.91. The van der Waals surface area contributed by atoms with Gasteiger partial charge in [0.05, 0.1) is 0 Å². The Morgan fingerprint density at radius 1 is 1.20 bits per heavy atom. The minimum atomic E-state index is 0.0833. The summed E-state index contributed by atoms with van der Waals surface area (Å²) in [5.41, 5.74) is 0. The molecule has 0 amide bonds. The summed E-state index contributed by atoms with van der Waals surface area (Å²) in [5.74, 6) is 0.322. The third-order valence-corrected chi connectivity index (χ3v) is 0.756. The molecule has 3 heteroatoms. The van der Waals surface area contributed by atoms with E-state index in [1.165, 1.54) is 0 Å². The van der Waals surface area contributed by atoms with Gasteiger partial charge < -0.3 is 10.00 Å². The van der Waals surface area contributed by atoms with Crippen LogP contribution in [0.5, 0.6) is 5.75 Å². The van der Waals surface area contributed by atoms with Gasteiger partial charge in [0.15, 0.2) is 0 Å². The lowest BCUT2D eigenvalue weighted by Crippen LogP contribution is -1.56. The van der Waals surface area contributed by atoms with Crippen LogP contribution in [0.15, 0.2) is 30.3 Å². The molecule has 0 aromatic heterocycles. The molecule has 0 spiro atoms. The van der Waals surface area contributed by atoms with Crippen LogP contribution in [-0.4, -0.2) is 16.7 Å². The van der Waals surface area contributed by atoms with Gasteiger partial charge in [-0.3, -0.25) is 0 Å². The zero-order valence-corrected chi connectivity index (χ0v) is 6.78. The van der Waals surface area contributed by atoms with Gasteiger partial charge >= 0.3 is 0 Å². The van der Waals surface area contributed by atoms with Crippen LogP contribution in [0.25, 0.3) is 0 Å². The second-order valence-electron chi connectivity index (χ2n) is 1.56. The van der Waals surface area contributed by atoms with E-state index in [0.717, 1.165) is 0 Å². The lowest BCUT2D eigenvalue weighted by molar-refractivity contribution is 0.475. The summed E-state index contributed by atoms with van der Waals surface area (Å²) in [6.07, 6.45) is 0. The highest BCUT2D eigenvalue weighted by molar-refractivity contribution is 7.29. The highest BCUT2D eigenvalue weighted by atomic mass is 31.1. The van der Waals surface area contributed by atoms with Gasteiger partial charge in [-0.1, -0.05) is 18.2 Å². The van der Waals surface area contributed by atoms with Gasteiger partial charge in [-0.15, -0.1) is 0 Å². The van der Waals surface area contributed by atoms with E-state index >= 15 is 0 Å². The Bertz CT molecular complexity index is 153. The van der Waals surface area contributed by atoms with Gasteiger partial charge in [0.2, 0.25) is 0 Å². The van der Waals surface area contributed by atoms with Crippen molar-refractivity contribution >= 4 is 8.81 Å². The maximum absolute atomic E-state index is 8.63. The molecule has 0 aliphatic carbocycles. The molecule has 1 aromatic rings. The molecule has 0 bridgehead atoms. The molecule has 0 aliphatic heterocycles. The van der Waals surface area contributed by atoms with Crippen molar-refractivity contribution in [2.75, 3.05) is 6.66 Å². The van der Waals surface area contributed by atoms with E-state index in [0.29, 0.717) is 5.75 Å². The molecular weight excluding hydrogens is 147 g/mol. The SMILES string of the molecule is CPO.Oc1ccccc1. The molecule has 1 aromatic carbocycles. The monoisotopic (exact) mass is 158 g/mol. The van der Waals surface area contributed by atoms with Crippen LogP contribution in [0, 0.1) is 0 Å². The largest absolute Gasteiger partial charge is 0.508 e. The Morgan fingerprint density at radius 3 is 1.80 bits per heavy atom. The molecule has 0 fully saturated rings. The third kappa shape index (κ3) is 5.54. The van der Waals surface area contributed by atoms with Crippen LogP contribution in [0.4, 0.5) is 0 Å². The molecule has 0 saturated carbocycles. The first-order chi connectivity index (χ1) is 4.81. The van der Waals surface area contributed by atoms with Gasteiger partial charge in [0, 0.05) is 8.81 Å². The minimum Gasteiger partial charge on any atom is -0.508 e. The summed E-state index contributed by atoms with van der Waals surface area (Å²) in [5, 5.41) is 8.63. The Labute approximate surface area is 62.4 Å². The van der Waals surface area contributed by atoms with E-state index in [2.05, 4.69) is 0 Å². The summed E-state index contributed by atoms with van der Waals surface area (Å²) in [4.78, 5) is 7.60. The van der Waals surface area contributed by atoms with Crippen LogP contribution < -0.4 is 0 Å². The first-order valence-corrected chi connectivity index (χ1v) is 4.31. The van der Waals surface area contributed by atoms with Crippen LogP contribution >= 0.6 is 8.81 Å². The number of rotatable bonds is 0. The maximum Gasteiger partial charge on any atom is 0.115 e. The number of hydrogen-bond acceptors (Lipinski definition) is 2. The molecule has 1 unspecified atom stereocenters. The van der Waals surface area contributed by atoms with Gasteiger partial charge in [-0.05, 0) is 18.8 Å². The van der Waals surface area contributed by atoms with E-state index in [1.54, 1.807) is 30.9 Å². The highest BCUT2D eigenvalue weighted by Crippen LogP contribution is 2.02. The van der Waals surface area contributed by atoms with E-state index in [9.17, 15) is 0 Å². The molecule has 1 atom stereocenters. The predicted octanol–water partition coefficient (Wildman–Crippen LogP) is 1.59. The Kier molecular flexibility index (Phi) is 6.14. The predicted molar refractivity (Wildman–Crippen MR) is 44.6 cm³/mol. The van der Waals surface area contributed by atoms with Crippen molar-refractivity contribution in [2.24, 2.45) is 0 Å². The molecule has 0 radical (unpaired) electrons. The molecular formula is C7H11O2P.